The smallest absolute Gasteiger partial charge is 0.209 e. The second-order valence-corrected chi connectivity index (χ2v) is 12.3. The predicted molar refractivity (Wildman–Crippen MR) is 180 cm³/mol. The third-order valence-electron chi connectivity index (χ3n) is 7.58. The van der Waals surface area contributed by atoms with Crippen LogP contribution in [0.5, 0.6) is 0 Å². The summed E-state index contributed by atoms with van der Waals surface area (Å²) in [7, 11) is 3.70. The largest absolute Gasteiger partial charge is 0.388 e. The number of hydrogen-bond donors (Lipinski definition) is 3. The summed E-state index contributed by atoms with van der Waals surface area (Å²) in [5, 5.41) is 7.44. The quantitative estimate of drug-likeness (QED) is 0.0714. The first-order valence-corrected chi connectivity index (χ1v) is 16.0. The summed E-state index contributed by atoms with van der Waals surface area (Å²) >= 11 is 7.98. The van der Waals surface area contributed by atoms with E-state index in [1.54, 1.807) is 16.7 Å². The summed E-state index contributed by atoms with van der Waals surface area (Å²) < 4.78 is 0. The van der Waals surface area contributed by atoms with Crippen LogP contribution >= 0.6 is 23.4 Å². The SMILES string of the molecule is CN(C=O)CCCCCNC1CC1.CNc1ccc(SCc2ccccc2Cl)cc1/C(C=O)=C/c1[nH]c(C)c(C)c1C. The Kier molecular flexibility index (Phi) is 13.7. The average molecular weight is 609 g/mol. The van der Waals surface area contributed by atoms with E-state index in [2.05, 4.69) is 41.6 Å². The van der Waals surface area contributed by atoms with Gasteiger partial charge in [0, 0.05) is 70.6 Å². The van der Waals surface area contributed by atoms with Crippen molar-refractivity contribution in [3.63, 3.8) is 0 Å². The normalized spacial score (nSPS) is 12.9. The Hall–Kier alpha value is -3.00. The van der Waals surface area contributed by atoms with E-state index in [4.69, 9.17) is 11.6 Å². The highest BCUT2D eigenvalue weighted by atomic mass is 35.5. The molecule has 3 N–H and O–H groups in total. The molecule has 0 aliphatic heterocycles. The minimum atomic E-state index is 0.638. The minimum Gasteiger partial charge on any atom is -0.388 e. The second kappa shape index (κ2) is 17.2. The lowest BCUT2D eigenvalue weighted by molar-refractivity contribution is -0.117. The Morgan fingerprint density at radius 2 is 1.83 bits per heavy atom. The Morgan fingerprint density at radius 1 is 1.07 bits per heavy atom. The highest BCUT2D eigenvalue weighted by Gasteiger charge is 2.19. The lowest BCUT2D eigenvalue weighted by Gasteiger charge is -2.12. The molecule has 1 aromatic heterocycles. The number of anilines is 1. The zero-order valence-electron chi connectivity index (χ0n) is 25.6. The van der Waals surface area contributed by atoms with Gasteiger partial charge in [-0.15, -0.1) is 11.8 Å². The number of halogens is 1. The molecule has 8 heteroatoms. The Labute approximate surface area is 260 Å². The third kappa shape index (κ3) is 10.4. The molecule has 4 rings (SSSR count). The fourth-order valence-electron chi connectivity index (χ4n) is 4.50. The summed E-state index contributed by atoms with van der Waals surface area (Å²) in [5.74, 6) is 0.770. The van der Waals surface area contributed by atoms with E-state index in [1.165, 1.54) is 31.2 Å². The summed E-state index contributed by atoms with van der Waals surface area (Å²) in [5.41, 5.74) is 8.02. The van der Waals surface area contributed by atoms with Crippen LogP contribution in [0, 0.1) is 20.8 Å². The van der Waals surface area contributed by atoms with Gasteiger partial charge in [0.05, 0.1) is 0 Å². The molecular formula is C34H45ClN4O2S. The van der Waals surface area contributed by atoms with Crippen LogP contribution in [0.3, 0.4) is 0 Å². The van der Waals surface area contributed by atoms with Crippen LogP contribution < -0.4 is 10.6 Å². The number of allylic oxidation sites excluding steroid dienone is 1. The van der Waals surface area contributed by atoms with Gasteiger partial charge in [-0.2, -0.15) is 0 Å². The molecule has 0 spiro atoms. The number of H-pyrrole nitrogens is 1. The highest BCUT2D eigenvalue weighted by Crippen LogP contribution is 2.33. The van der Waals surface area contributed by atoms with Crippen molar-refractivity contribution in [2.75, 3.05) is 32.5 Å². The molecule has 1 aliphatic carbocycles. The molecule has 0 radical (unpaired) electrons. The first-order chi connectivity index (χ1) is 20.3. The molecule has 0 atom stereocenters. The van der Waals surface area contributed by atoms with Gasteiger partial charge in [-0.1, -0.05) is 36.2 Å². The van der Waals surface area contributed by atoms with Crippen LogP contribution in [0.1, 0.15) is 65.7 Å². The molecule has 2 aromatic carbocycles. The number of aryl methyl sites for hydroxylation is 1. The van der Waals surface area contributed by atoms with E-state index in [9.17, 15) is 9.59 Å². The number of aldehydes is 1. The van der Waals surface area contributed by atoms with Crippen molar-refractivity contribution in [1.82, 2.24) is 15.2 Å². The fraction of sp³-hybridized carbons (Fsp3) is 0.412. The highest BCUT2D eigenvalue weighted by molar-refractivity contribution is 7.98. The van der Waals surface area contributed by atoms with Gasteiger partial charge in [0.25, 0.3) is 0 Å². The average Bonchev–Trinajstić information content (AvgIpc) is 3.80. The number of nitrogens with one attached hydrogen (secondary N) is 3. The van der Waals surface area contributed by atoms with Crippen molar-refractivity contribution < 1.29 is 9.59 Å². The monoisotopic (exact) mass is 608 g/mol. The molecule has 1 heterocycles. The first-order valence-electron chi connectivity index (χ1n) is 14.7. The van der Waals surface area contributed by atoms with Crippen molar-refractivity contribution in [2.24, 2.45) is 0 Å². The Balaban J connectivity index is 0.000000312. The van der Waals surface area contributed by atoms with E-state index in [0.717, 1.165) is 87.7 Å². The Bertz CT molecular complexity index is 1350. The molecule has 42 heavy (non-hydrogen) atoms. The van der Waals surface area contributed by atoms with Crippen molar-refractivity contribution in [3.05, 3.63) is 81.1 Å². The van der Waals surface area contributed by atoms with Crippen molar-refractivity contribution in [3.8, 4) is 0 Å². The molecule has 1 fully saturated rings. The molecule has 6 nitrogen and oxygen atoms in total. The molecule has 1 amide bonds. The zero-order valence-corrected chi connectivity index (χ0v) is 27.1. The zero-order chi connectivity index (χ0) is 30.5. The number of rotatable bonds is 15. The van der Waals surface area contributed by atoms with Gasteiger partial charge in [0.1, 0.15) is 0 Å². The summed E-state index contributed by atoms with van der Waals surface area (Å²) in [6, 6.07) is 14.8. The minimum absolute atomic E-state index is 0.638. The number of nitrogens with zero attached hydrogens (tertiary/aromatic N) is 1. The number of aromatic amines is 1. The Morgan fingerprint density at radius 3 is 2.45 bits per heavy atom. The van der Waals surface area contributed by atoms with Crippen LogP contribution in [0.25, 0.3) is 11.6 Å². The molecule has 3 aromatic rings. The van der Waals surface area contributed by atoms with E-state index in [1.807, 2.05) is 57.4 Å². The van der Waals surface area contributed by atoms with Crippen LogP contribution in [0.2, 0.25) is 5.02 Å². The van der Waals surface area contributed by atoms with Crippen molar-refractivity contribution in [2.45, 2.75) is 69.6 Å². The van der Waals surface area contributed by atoms with Crippen LogP contribution in [0.15, 0.2) is 47.4 Å². The molecule has 0 saturated heterocycles. The maximum atomic E-state index is 12.0. The molecular weight excluding hydrogens is 564 g/mol. The molecule has 1 aliphatic rings. The van der Waals surface area contributed by atoms with E-state index in [-0.39, 0.29) is 0 Å². The summed E-state index contributed by atoms with van der Waals surface area (Å²) in [4.78, 5) is 28.4. The lowest BCUT2D eigenvalue weighted by atomic mass is 10.0. The number of amides is 1. The topological polar surface area (TPSA) is 77.2 Å². The standard InChI is InChI=1S/C24H25ClN2OS.C10H20N2O/c1-15-16(2)24(27-17(15)3)11-19(13-28)21-12-20(9-10-23(21)26-4)29-14-18-7-5-6-8-22(18)25;1-12(9-13)8-4-2-3-7-11-10-5-6-10/h5-13,26-27H,14H2,1-4H3;9-11H,2-8H2,1H3/b19-11+;. The van der Waals surface area contributed by atoms with Crippen LogP contribution in [-0.4, -0.2) is 55.8 Å². The third-order valence-corrected chi connectivity index (χ3v) is 8.99. The first kappa shape index (κ1) is 33.5. The summed E-state index contributed by atoms with van der Waals surface area (Å²) in [6.45, 7) is 8.25. The van der Waals surface area contributed by atoms with E-state index < -0.39 is 0 Å². The number of aromatic nitrogens is 1. The molecule has 0 unspecified atom stereocenters. The van der Waals surface area contributed by atoms with Crippen molar-refractivity contribution in [1.29, 1.82) is 0 Å². The number of unbranched alkanes of at least 4 members (excludes halogenated alkanes) is 2. The number of thioether (sulfide) groups is 1. The maximum Gasteiger partial charge on any atom is 0.209 e. The summed E-state index contributed by atoms with van der Waals surface area (Å²) in [6.07, 6.45) is 10.1. The number of carbonyl (C=O) groups is 2. The van der Waals surface area contributed by atoms with Crippen LogP contribution in [-0.2, 0) is 15.3 Å². The van der Waals surface area contributed by atoms with E-state index >= 15 is 0 Å². The van der Waals surface area contributed by atoms with Crippen LogP contribution in [0.4, 0.5) is 5.69 Å². The number of carbonyl (C=O) groups excluding carboxylic acids is 2. The van der Waals surface area contributed by atoms with E-state index in [0.29, 0.717) is 5.57 Å². The predicted octanol–water partition coefficient (Wildman–Crippen LogP) is 7.66. The van der Waals surface area contributed by atoms with Gasteiger partial charge < -0.3 is 20.5 Å². The second-order valence-electron chi connectivity index (χ2n) is 10.8. The fourth-order valence-corrected chi connectivity index (χ4v) is 5.72. The van der Waals surface area contributed by atoms with Gasteiger partial charge in [0.2, 0.25) is 6.41 Å². The molecule has 1 saturated carbocycles. The molecule has 226 valence electrons. The maximum absolute atomic E-state index is 12.0. The number of benzene rings is 2. The van der Waals surface area contributed by atoms with Gasteiger partial charge in [-0.25, -0.2) is 0 Å². The lowest BCUT2D eigenvalue weighted by Crippen LogP contribution is -2.19. The van der Waals surface area contributed by atoms with Gasteiger partial charge in [0.15, 0.2) is 6.29 Å². The van der Waals surface area contributed by atoms with Gasteiger partial charge in [-0.05, 0) is 100 Å². The molecule has 0 bridgehead atoms. The van der Waals surface area contributed by atoms with Gasteiger partial charge in [-0.3, -0.25) is 9.59 Å². The number of hydrogen-bond acceptors (Lipinski definition) is 5. The van der Waals surface area contributed by atoms with Gasteiger partial charge >= 0.3 is 0 Å². The van der Waals surface area contributed by atoms with Crippen molar-refractivity contribution >= 4 is 53.4 Å².